The molecule has 3 nitrogen and oxygen atoms in total. The van der Waals surface area contributed by atoms with Gasteiger partial charge in [-0.05, 0) is 18.2 Å². The molecule has 0 spiro atoms. The van der Waals surface area contributed by atoms with Gasteiger partial charge in [-0.25, -0.2) is 9.67 Å². The summed E-state index contributed by atoms with van der Waals surface area (Å²) in [6.45, 7) is 0. The van der Waals surface area contributed by atoms with Crippen molar-refractivity contribution < 1.29 is 0 Å². The van der Waals surface area contributed by atoms with Crippen LogP contribution in [0.5, 0.6) is 0 Å². The van der Waals surface area contributed by atoms with Crippen LogP contribution in [-0.2, 0) is 0 Å². The normalized spacial score (nSPS) is 9.82. The van der Waals surface area contributed by atoms with Crippen molar-refractivity contribution in [2.24, 2.45) is 0 Å². The fraction of sp³-hybridized carbons (Fsp3) is 0. The van der Waals surface area contributed by atoms with Crippen LogP contribution in [-0.4, -0.2) is 14.8 Å². The molecular weight excluding hydrogens is 138 g/mol. The summed E-state index contributed by atoms with van der Waals surface area (Å²) in [6.07, 6.45) is 3.16. The lowest BCUT2D eigenvalue weighted by Gasteiger charge is -1.96. The molecule has 0 N–H and O–H groups in total. The molecule has 0 bridgehead atoms. The molecule has 0 amide bonds. The minimum atomic E-state index is 0.977. The summed E-state index contributed by atoms with van der Waals surface area (Å²) in [7, 11) is 0. The monoisotopic (exact) mass is 144 g/mol. The second-order valence-corrected chi connectivity index (χ2v) is 2.10. The minimum absolute atomic E-state index is 0.977. The fourth-order valence-electron chi connectivity index (χ4n) is 0.868. The summed E-state index contributed by atoms with van der Waals surface area (Å²) in [5.41, 5.74) is 0.977. The first kappa shape index (κ1) is 6.09. The van der Waals surface area contributed by atoms with Crippen molar-refractivity contribution in [3.63, 3.8) is 0 Å². The number of rotatable bonds is 1. The highest BCUT2D eigenvalue weighted by molar-refractivity contribution is 5.28. The lowest BCUT2D eigenvalue weighted by molar-refractivity contribution is 0.879. The van der Waals surface area contributed by atoms with Crippen molar-refractivity contribution in [3.05, 3.63) is 43.0 Å². The molecule has 11 heavy (non-hydrogen) atoms. The van der Waals surface area contributed by atoms with Crippen molar-refractivity contribution in [2.75, 3.05) is 0 Å². The molecule has 0 aliphatic heterocycles. The van der Waals surface area contributed by atoms with Gasteiger partial charge in [0.25, 0.3) is 0 Å². The molecule has 1 aromatic carbocycles. The van der Waals surface area contributed by atoms with Gasteiger partial charge >= 0.3 is 0 Å². The van der Waals surface area contributed by atoms with E-state index in [4.69, 9.17) is 0 Å². The van der Waals surface area contributed by atoms with Crippen LogP contribution in [0.4, 0.5) is 0 Å². The van der Waals surface area contributed by atoms with E-state index < -0.39 is 0 Å². The SMILES string of the molecule is [c]1cccc(-n2cncn2)c1. The van der Waals surface area contributed by atoms with Gasteiger partial charge in [0.05, 0.1) is 5.69 Å². The second-order valence-electron chi connectivity index (χ2n) is 2.10. The molecule has 1 radical (unpaired) electrons. The zero-order valence-electron chi connectivity index (χ0n) is 5.81. The molecule has 0 unspecified atom stereocenters. The Bertz CT molecular complexity index is 312. The molecule has 1 aromatic heterocycles. The maximum Gasteiger partial charge on any atom is 0.138 e. The smallest absolute Gasteiger partial charge is 0.138 e. The Labute approximate surface area is 64.3 Å². The van der Waals surface area contributed by atoms with E-state index in [1.54, 1.807) is 11.0 Å². The largest absolute Gasteiger partial charge is 0.223 e. The molecule has 0 atom stereocenters. The van der Waals surface area contributed by atoms with Crippen molar-refractivity contribution in [1.82, 2.24) is 14.8 Å². The lowest BCUT2D eigenvalue weighted by atomic mass is 10.3. The molecule has 0 aliphatic carbocycles. The quantitative estimate of drug-likeness (QED) is 0.599. The van der Waals surface area contributed by atoms with Crippen LogP contribution >= 0.6 is 0 Å². The predicted octanol–water partition coefficient (Wildman–Crippen LogP) is 1.07. The van der Waals surface area contributed by atoms with Crippen molar-refractivity contribution in [3.8, 4) is 5.69 Å². The maximum atomic E-state index is 3.97. The van der Waals surface area contributed by atoms with Gasteiger partial charge in [-0.3, -0.25) is 0 Å². The highest BCUT2D eigenvalue weighted by Gasteiger charge is 1.91. The van der Waals surface area contributed by atoms with E-state index in [9.17, 15) is 0 Å². The summed E-state index contributed by atoms with van der Waals surface area (Å²) in [4.78, 5) is 3.84. The van der Waals surface area contributed by atoms with Crippen molar-refractivity contribution in [2.45, 2.75) is 0 Å². The number of hydrogen-bond acceptors (Lipinski definition) is 2. The minimum Gasteiger partial charge on any atom is -0.223 e. The molecule has 2 aromatic rings. The van der Waals surface area contributed by atoms with E-state index in [2.05, 4.69) is 16.1 Å². The Morgan fingerprint density at radius 1 is 1.45 bits per heavy atom. The van der Waals surface area contributed by atoms with Gasteiger partial charge < -0.3 is 0 Å². The molecule has 53 valence electrons. The Hall–Kier alpha value is -1.64. The second kappa shape index (κ2) is 2.54. The summed E-state index contributed by atoms with van der Waals surface area (Å²) in [5, 5.41) is 3.97. The average Bonchev–Trinajstić information content (AvgIpc) is 2.58. The number of hydrogen-bond donors (Lipinski definition) is 0. The topological polar surface area (TPSA) is 30.7 Å². The van der Waals surface area contributed by atoms with Crippen LogP contribution in [0.3, 0.4) is 0 Å². The zero-order chi connectivity index (χ0) is 7.52. The first-order valence-electron chi connectivity index (χ1n) is 3.28. The van der Waals surface area contributed by atoms with E-state index in [1.165, 1.54) is 6.33 Å². The summed E-state index contributed by atoms with van der Waals surface area (Å²) < 4.78 is 1.69. The molecule has 3 heteroatoms. The van der Waals surface area contributed by atoms with Crippen molar-refractivity contribution in [1.29, 1.82) is 0 Å². The summed E-state index contributed by atoms with van der Waals surface area (Å²) >= 11 is 0. The van der Waals surface area contributed by atoms with Gasteiger partial charge in [0.15, 0.2) is 0 Å². The third-order valence-corrected chi connectivity index (χ3v) is 1.37. The third-order valence-electron chi connectivity index (χ3n) is 1.37. The van der Waals surface area contributed by atoms with Gasteiger partial charge in [0.2, 0.25) is 0 Å². The maximum absolute atomic E-state index is 3.97. The van der Waals surface area contributed by atoms with Gasteiger partial charge in [0, 0.05) is 0 Å². The van der Waals surface area contributed by atoms with Crippen LogP contribution in [0.25, 0.3) is 5.69 Å². The van der Waals surface area contributed by atoms with Gasteiger partial charge in [-0.1, -0.05) is 12.1 Å². The zero-order valence-corrected chi connectivity index (χ0v) is 5.81. The standard InChI is InChI=1S/C8H6N3/c1-2-4-8(5-3-1)11-7-9-6-10-11/h1-2,4-7H. The first-order chi connectivity index (χ1) is 5.47. The van der Waals surface area contributed by atoms with E-state index in [0.29, 0.717) is 0 Å². The predicted molar refractivity (Wildman–Crippen MR) is 40.2 cm³/mol. The van der Waals surface area contributed by atoms with Crippen LogP contribution < -0.4 is 0 Å². The molecule has 1 heterocycles. The van der Waals surface area contributed by atoms with Gasteiger partial charge in [-0.15, -0.1) is 0 Å². The van der Waals surface area contributed by atoms with Crippen LogP contribution in [0, 0.1) is 6.07 Å². The average molecular weight is 144 g/mol. The molecule has 0 saturated carbocycles. The summed E-state index contributed by atoms with van der Waals surface area (Å²) in [5.74, 6) is 0. The highest BCUT2D eigenvalue weighted by atomic mass is 15.3. The fourth-order valence-corrected chi connectivity index (χ4v) is 0.868. The van der Waals surface area contributed by atoms with Crippen LogP contribution in [0.2, 0.25) is 0 Å². The Balaban J connectivity index is 2.46. The lowest BCUT2D eigenvalue weighted by Crippen LogP contribution is -1.92. The van der Waals surface area contributed by atoms with Crippen LogP contribution in [0.15, 0.2) is 36.9 Å². The molecule has 0 saturated heterocycles. The van der Waals surface area contributed by atoms with E-state index in [1.807, 2.05) is 24.3 Å². The van der Waals surface area contributed by atoms with Crippen molar-refractivity contribution >= 4 is 0 Å². The molecular formula is C8H6N3. The Morgan fingerprint density at radius 3 is 3.09 bits per heavy atom. The Morgan fingerprint density at radius 2 is 2.45 bits per heavy atom. The number of aromatic nitrogens is 3. The highest BCUT2D eigenvalue weighted by Crippen LogP contribution is 2.01. The van der Waals surface area contributed by atoms with Gasteiger partial charge in [0.1, 0.15) is 12.7 Å². The molecule has 0 aliphatic rings. The van der Waals surface area contributed by atoms with Gasteiger partial charge in [-0.2, -0.15) is 5.10 Å². The third kappa shape index (κ3) is 1.12. The number of benzene rings is 1. The van der Waals surface area contributed by atoms with E-state index >= 15 is 0 Å². The molecule has 2 rings (SSSR count). The number of nitrogens with zero attached hydrogens (tertiary/aromatic N) is 3. The van der Waals surface area contributed by atoms with E-state index in [0.717, 1.165) is 5.69 Å². The summed E-state index contributed by atoms with van der Waals surface area (Å²) in [6, 6.07) is 10.5. The first-order valence-corrected chi connectivity index (χ1v) is 3.28. The van der Waals surface area contributed by atoms with E-state index in [-0.39, 0.29) is 0 Å². The van der Waals surface area contributed by atoms with Crippen LogP contribution in [0.1, 0.15) is 0 Å². The Kier molecular flexibility index (Phi) is 1.41. The molecule has 0 fully saturated rings.